The average Bonchev–Trinajstić information content (AvgIpc) is 3.00. The van der Waals surface area contributed by atoms with Gasteiger partial charge in [-0.2, -0.15) is 0 Å². The standard InChI is InChI=1S/C17H14N2O5S/c1-10-9-25-17-18-11(6-15(20)19(10)17)7-23-16(21)14-8-22-12-4-2-3-5-13(12)24-14/h2-6,9,14H,7-8H2,1H3/t14-/m1/s1. The molecule has 0 spiro atoms. The molecule has 0 aliphatic carbocycles. The van der Waals surface area contributed by atoms with Gasteiger partial charge in [0.05, 0.1) is 5.69 Å². The summed E-state index contributed by atoms with van der Waals surface area (Å²) < 4.78 is 17.9. The number of hydrogen-bond donors (Lipinski definition) is 0. The number of benzene rings is 1. The molecule has 2 aromatic heterocycles. The highest BCUT2D eigenvalue weighted by Gasteiger charge is 2.28. The summed E-state index contributed by atoms with van der Waals surface area (Å²) in [6, 6.07) is 8.49. The minimum Gasteiger partial charge on any atom is -0.485 e. The maximum atomic E-state index is 12.2. The molecule has 1 aliphatic heterocycles. The number of thiazole rings is 1. The summed E-state index contributed by atoms with van der Waals surface area (Å²) in [7, 11) is 0. The predicted molar refractivity (Wildman–Crippen MR) is 90.2 cm³/mol. The Bertz CT molecular complexity index is 1010. The summed E-state index contributed by atoms with van der Waals surface area (Å²) in [6.45, 7) is 1.82. The number of rotatable bonds is 3. The number of para-hydroxylation sites is 2. The molecule has 0 N–H and O–H groups in total. The van der Waals surface area contributed by atoms with Gasteiger partial charge in [-0.15, -0.1) is 11.3 Å². The molecule has 0 fully saturated rings. The van der Waals surface area contributed by atoms with Gasteiger partial charge in [-0.3, -0.25) is 9.20 Å². The Balaban J connectivity index is 1.45. The third kappa shape index (κ3) is 2.96. The number of aryl methyl sites for hydroxylation is 1. The molecular formula is C17H14N2O5S. The van der Waals surface area contributed by atoms with Crippen LogP contribution in [-0.4, -0.2) is 28.1 Å². The maximum absolute atomic E-state index is 12.2. The van der Waals surface area contributed by atoms with E-state index in [1.165, 1.54) is 21.8 Å². The zero-order valence-electron chi connectivity index (χ0n) is 13.3. The van der Waals surface area contributed by atoms with E-state index in [0.29, 0.717) is 22.2 Å². The number of ether oxygens (including phenoxy) is 3. The molecule has 128 valence electrons. The summed E-state index contributed by atoms with van der Waals surface area (Å²) in [5.41, 5.74) is 1.03. The van der Waals surface area contributed by atoms with Crippen LogP contribution in [0.15, 0.2) is 40.5 Å². The van der Waals surface area contributed by atoms with E-state index in [1.807, 2.05) is 18.4 Å². The SMILES string of the molecule is Cc1csc2nc(COC(=O)[C@H]3COc4ccccc4O3)cc(=O)n12. The zero-order valence-corrected chi connectivity index (χ0v) is 14.1. The molecular weight excluding hydrogens is 344 g/mol. The lowest BCUT2D eigenvalue weighted by Crippen LogP contribution is -2.37. The molecule has 25 heavy (non-hydrogen) atoms. The number of hydrogen-bond acceptors (Lipinski definition) is 7. The number of fused-ring (bicyclic) bond motifs is 2. The molecule has 3 aromatic rings. The van der Waals surface area contributed by atoms with Crippen molar-refractivity contribution in [3.63, 3.8) is 0 Å². The van der Waals surface area contributed by atoms with Crippen molar-refractivity contribution in [1.29, 1.82) is 0 Å². The molecule has 1 aliphatic rings. The Labute approximate surface area is 146 Å². The van der Waals surface area contributed by atoms with Crippen LogP contribution < -0.4 is 15.0 Å². The summed E-state index contributed by atoms with van der Waals surface area (Å²) in [5, 5.41) is 1.85. The van der Waals surface area contributed by atoms with Crippen LogP contribution in [0.4, 0.5) is 0 Å². The second kappa shape index (κ2) is 6.21. The summed E-state index contributed by atoms with van der Waals surface area (Å²) in [5.74, 6) is 0.543. The van der Waals surface area contributed by atoms with Crippen LogP contribution in [0.1, 0.15) is 11.4 Å². The second-order valence-electron chi connectivity index (χ2n) is 5.55. The quantitative estimate of drug-likeness (QED) is 0.666. The van der Waals surface area contributed by atoms with E-state index >= 15 is 0 Å². The van der Waals surface area contributed by atoms with Gasteiger partial charge in [0.15, 0.2) is 16.5 Å². The average molecular weight is 358 g/mol. The molecule has 1 atom stereocenters. The summed E-state index contributed by atoms with van der Waals surface area (Å²) in [6.07, 6.45) is -0.844. The molecule has 0 saturated carbocycles. The molecule has 3 heterocycles. The lowest BCUT2D eigenvalue weighted by Gasteiger charge is -2.24. The first-order valence-corrected chi connectivity index (χ1v) is 8.52. The van der Waals surface area contributed by atoms with Crippen molar-refractivity contribution >= 4 is 22.3 Å². The molecule has 7 nitrogen and oxygen atoms in total. The van der Waals surface area contributed by atoms with Gasteiger partial charge in [0.25, 0.3) is 5.56 Å². The lowest BCUT2D eigenvalue weighted by atomic mass is 10.2. The number of esters is 1. The third-order valence-corrected chi connectivity index (χ3v) is 4.71. The van der Waals surface area contributed by atoms with Gasteiger partial charge in [0.1, 0.15) is 13.2 Å². The fourth-order valence-corrected chi connectivity index (χ4v) is 3.44. The number of carbonyl (C=O) groups is 1. The lowest BCUT2D eigenvalue weighted by molar-refractivity contribution is -0.156. The van der Waals surface area contributed by atoms with Crippen molar-refractivity contribution in [2.24, 2.45) is 0 Å². The molecule has 4 rings (SSSR count). The van der Waals surface area contributed by atoms with Crippen LogP contribution in [0, 0.1) is 6.92 Å². The molecule has 0 amide bonds. The van der Waals surface area contributed by atoms with Crippen molar-refractivity contribution < 1.29 is 19.0 Å². The van der Waals surface area contributed by atoms with E-state index < -0.39 is 12.1 Å². The van der Waals surface area contributed by atoms with Crippen LogP contribution in [0.3, 0.4) is 0 Å². The van der Waals surface area contributed by atoms with Gasteiger partial charge >= 0.3 is 5.97 Å². The molecule has 0 unspecified atom stereocenters. The van der Waals surface area contributed by atoms with Crippen LogP contribution in [0.5, 0.6) is 11.5 Å². The van der Waals surface area contributed by atoms with E-state index in [0.717, 1.165) is 5.69 Å². The number of nitrogens with zero attached hydrogens (tertiary/aromatic N) is 2. The van der Waals surface area contributed by atoms with Crippen molar-refractivity contribution in [3.05, 3.63) is 57.5 Å². The maximum Gasteiger partial charge on any atom is 0.351 e. The van der Waals surface area contributed by atoms with Gasteiger partial charge in [0.2, 0.25) is 6.10 Å². The Hall–Kier alpha value is -2.87. The second-order valence-corrected chi connectivity index (χ2v) is 6.39. The van der Waals surface area contributed by atoms with Crippen molar-refractivity contribution in [3.8, 4) is 11.5 Å². The van der Waals surface area contributed by atoms with E-state index in [1.54, 1.807) is 18.2 Å². The van der Waals surface area contributed by atoms with Gasteiger partial charge in [-0.25, -0.2) is 9.78 Å². The Morgan fingerprint density at radius 2 is 2.20 bits per heavy atom. The van der Waals surface area contributed by atoms with Crippen molar-refractivity contribution in [2.75, 3.05) is 6.61 Å². The van der Waals surface area contributed by atoms with E-state index in [4.69, 9.17) is 14.2 Å². The minimum absolute atomic E-state index is 0.0785. The van der Waals surface area contributed by atoms with Crippen LogP contribution >= 0.6 is 11.3 Å². The fraction of sp³-hybridized carbons (Fsp3) is 0.235. The third-order valence-electron chi connectivity index (χ3n) is 3.76. The highest BCUT2D eigenvalue weighted by atomic mass is 32.1. The van der Waals surface area contributed by atoms with Gasteiger partial charge in [0, 0.05) is 17.1 Å². The highest BCUT2D eigenvalue weighted by molar-refractivity contribution is 7.15. The first-order chi connectivity index (χ1) is 12.1. The van der Waals surface area contributed by atoms with Crippen molar-refractivity contribution in [1.82, 2.24) is 9.38 Å². The fourth-order valence-electron chi connectivity index (χ4n) is 2.55. The Morgan fingerprint density at radius 3 is 3.04 bits per heavy atom. The predicted octanol–water partition coefficient (Wildman–Crippen LogP) is 1.95. The zero-order chi connectivity index (χ0) is 17.4. The first-order valence-electron chi connectivity index (χ1n) is 7.64. The summed E-state index contributed by atoms with van der Waals surface area (Å²) >= 11 is 1.36. The number of carbonyl (C=O) groups excluding carboxylic acids is 1. The van der Waals surface area contributed by atoms with E-state index in [2.05, 4.69) is 4.98 Å². The molecule has 0 radical (unpaired) electrons. The van der Waals surface area contributed by atoms with E-state index in [-0.39, 0.29) is 18.8 Å². The highest BCUT2D eigenvalue weighted by Crippen LogP contribution is 2.31. The van der Waals surface area contributed by atoms with Crippen LogP contribution in [0.25, 0.3) is 4.96 Å². The van der Waals surface area contributed by atoms with Crippen molar-refractivity contribution in [2.45, 2.75) is 19.6 Å². The van der Waals surface area contributed by atoms with Gasteiger partial charge in [-0.05, 0) is 19.1 Å². The minimum atomic E-state index is -0.844. The number of aromatic nitrogens is 2. The van der Waals surface area contributed by atoms with Gasteiger partial charge in [-0.1, -0.05) is 12.1 Å². The van der Waals surface area contributed by atoms with E-state index in [9.17, 15) is 9.59 Å². The first kappa shape index (κ1) is 15.6. The topological polar surface area (TPSA) is 79.1 Å². The molecule has 0 saturated heterocycles. The largest absolute Gasteiger partial charge is 0.485 e. The van der Waals surface area contributed by atoms with Gasteiger partial charge < -0.3 is 14.2 Å². The molecule has 8 heteroatoms. The normalized spacial score (nSPS) is 16.0. The monoisotopic (exact) mass is 358 g/mol. The Morgan fingerprint density at radius 1 is 1.40 bits per heavy atom. The molecule has 0 bridgehead atoms. The molecule has 1 aromatic carbocycles. The smallest absolute Gasteiger partial charge is 0.351 e. The Kier molecular flexibility index (Phi) is 3.89. The summed E-state index contributed by atoms with van der Waals surface area (Å²) in [4.78, 5) is 29.2. The van der Waals surface area contributed by atoms with Crippen LogP contribution in [0.2, 0.25) is 0 Å². The van der Waals surface area contributed by atoms with Crippen LogP contribution in [-0.2, 0) is 16.1 Å².